The first-order valence-electron chi connectivity index (χ1n) is 11.1. The van der Waals surface area contributed by atoms with Gasteiger partial charge < -0.3 is 23.5 Å². The first kappa shape index (κ1) is 22.4. The molecule has 0 radical (unpaired) electrons. The molecule has 186 valence electrons. The van der Waals surface area contributed by atoms with Crippen LogP contribution in [-0.2, 0) is 16.8 Å². The number of alkyl halides is 3. The summed E-state index contributed by atoms with van der Waals surface area (Å²) in [6.07, 6.45) is -1.68. The van der Waals surface area contributed by atoms with Gasteiger partial charge in [0.1, 0.15) is 28.3 Å². The molecule has 2 atom stereocenters. The van der Waals surface area contributed by atoms with Crippen molar-refractivity contribution in [3.63, 3.8) is 0 Å². The molecule has 1 fully saturated rings. The molecule has 1 aliphatic carbocycles. The highest BCUT2D eigenvalue weighted by molar-refractivity contribution is 6.19. The number of carbonyl (C=O) groups excluding carboxylic acids is 2. The van der Waals surface area contributed by atoms with Gasteiger partial charge in [-0.15, -0.1) is 13.2 Å². The molecule has 0 N–H and O–H groups in total. The van der Waals surface area contributed by atoms with Crippen molar-refractivity contribution < 1.29 is 32.2 Å². The smallest absolute Gasteiger partial charge is 0.478 e. The number of ketones is 1. The number of carbonyl (C=O) groups is 2. The lowest BCUT2D eigenvalue weighted by molar-refractivity contribution is -0.274. The van der Waals surface area contributed by atoms with Gasteiger partial charge in [-0.1, -0.05) is 0 Å². The second-order valence-corrected chi connectivity index (χ2v) is 9.29. The Kier molecular flexibility index (Phi) is 4.34. The summed E-state index contributed by atoms with van der Waals surface area (Å²) < 4.78 is 51.1. The van der Waals surface area contributed by atoms with Gasteiger partial charge in [0.25, 0.3) is 11.5 Å². The Bertz CT molecular complexity index is 1530. The Balaban J connectivity index is 1.33. The molecule has 2 aromatic heterocycles. The van der Waals surface area contributed by atoms with E-state index in [4.69, 9.17) is 4.74 Å². The van der Waals surface area contributed by atoms with E-state index in [-0.39, 0.29) is 48.0 Å². The van der Waals surface area contributed by atoms with E-state index in [0.29, 0.717) is 5.69 Å². The number of aryl methyl sites for hydroxylation is 1. The summed E-state index contributed by atoms with van der Waals surface area (Å²) in [5.41, 5.74) is -1.48. The molecule has 4 heterocycles. The lowest BCUT2D eigenvalue weighted by atomic mass is 9.92. The summed E-state index contributed by atoms with van der Waals surface area (Å²) in [5, 5.41) is 0. The average Bonchev–Trinajstić information content (AvgIpc) is 3.11. The molecule has 6 rings (SSSR count). The van der Waals surface area contributed by atoms with Gasteiger partial charge in [0.2, 0.25) is 0 Å². The van der Waals surface area contributed by atoms with Crippen molar-refractivity contribution in [3.8, 4) is 17.2 Å². The molecule has 1 saturated carbocycles. The highest BCUT2D eigenvalue weighted by Crippen LogP contribution is 2.64. The van der Waals surface area contributed by atoms with Crippen LogP contribution in [0.15, 0.2) is 47.7 Å². The van der Waals surface area contributed by atoms with Crippen LogP contribution in [0.25, 0.3) is 5.69 Å². The zero-order valence-corrected chi connectivity index (χ0v) is 19.1. The number of Topliss-reactive ketones (excluding diaryl/α,β-unsaturated/α-hetero) is 1. The van der Waals surface area contributed by atoms with Gasteiger partial charge in [0, 0.05) is 31.4 Å². The van der Waals surface area contributed by atoms with Crippen LogP contribution in [0.2, 0.25) is 0 Å². The standard InChI is InChI=1S/C24H19F3N4O5/c1-13-10-30(12-28-13)16-4-5-17-19(32)29(7-8-31(17)20(16)33)11-23-15-9-14(35-24(25,26)27)3-6-18(15)36-22(23,2)21(23)34/h3-6,9-10,12H,7-8,11H2,1-2H3/t22-,23+/m0/s1. The lowest BCUT2D eigenvalue weighted by Gasteiger charge is -2.32. The number of aromatic nitrogens is 3. The monoisotopic (exact) mass is 500 g/mol. The number of imidazole rings is 1. The fraction of sp³-hybridized carbons (Fsp3) is 0.333. The maximum absolute atomic E-state index is 13.4. The van der Waals surface area contributed by atoms with E-state index in [0.717, 1.165) is 17.8 Å². The predicted molar refractivity (Wildman–Crippen MR) is 117 cm³/mol. The molecule has 3 aromatic rings. The molecule has 36 heavy (non-hydrogen) atoms. The number of hydrogen-bond acceptors (Lipinski definition) is 6. The molecule has 0 unspecified atom stereocenters. The van der Waals surface area contributed by atoms with Crippen LogP contribution in [0.3, 0.4) is 0 Å². The van der Waals surface area contributed by atoms with Gasteiger partial charge in [-0.25, -0.2) is 4.98 Å². The van der Waals surface area contributed by atoms with Gasteiger partial charge >= 0.3 is 6.36 Å². The molecular formula is C24H19F3N4O5. The second kappa shape index (κ2) is 6.99. The number of fused-ring (bicyclic) bond motifs is 4. The maximum Gasteiger partial charge on any atom is 0.573 e. The van der Waals surface area contributed by atoms with Gasteiger partial charge in [-0.2, -0.15) is 0 Å². The van der Waals surface area contributed by atoms with Crippen molar-refractivity contribution in [1.82, 2.24) is 19.0 Å². The molecule has 1 amide bonds. The fourth-order valence-electron chi connectivity index (χ4n) is 5.35. The van der Waals surface area contributed by atoms with Crippen LogP contribution in [0.1, 0.15) is 28.7 Å². The molecule has 3 aliphatic rings. The van der Waals surface area contributed by atoms with E-state index in [9.17, 15) is 27.6 Å². The number of ether oxygens (including phenoxy) is 2. The molecule has 12 heteroatoms. The number of pyridine rings is 1. The topological polar surface area (TPSA) is 95.7 Å². The van der Waals surface area contributed by atoms with Gasteiger partial charge in [-0.3, -0.25) is 14.4 Å². The number of rotatable bonds is 4. The Morgan fingerprint density at radius 2 is 1.92 bits per heavy atom. The molecular weight excluding hydrogens is 481 g/mol. The van der Waals surface area contributed by atoms with Crippen molar-refractivity contribution in [2.75, 3.05) is 13.1 Å². The van der Waals surface area contributed by atoms with Crippen molar-refractivity contribution in [1.29, 1.82) is 0 Å². The normalized spacial score (nSPS) is 24.2. The third-order valence-corrected chi connectivity index (χ3v) is 7.20. The first-order valence-corrected chi connectivity index (χ1v) is 11.1. The molecule has 0 bridgehead atoms. The number of nitrogens with zero attached hydrogens (tertiary/aromatic N) is 4. The Morgan fingerprint density at radius 3 is 2.61 bits per heavy atom. The molecule has 1 aromatic carbocycles. The molecule has 0 spiro atoms. The van der Waals surface area contributed by atoms with Crippen LogP contribution in [0, 0.1) is 6.92 Å². The third kappa shape index (κ3) is 2.96. The van der Waals surface area contributed by atoms with E-state index in [2.05, 4.69) is 9.72 Å². The Morgan fingerprint density at radius 1 is 1.14 bits per heavy atom. The van der Waals surface area contributed by atoms with E-state index in [1.54, 1.807) is 30.7 Å². The largest absolute Gasteiger partial charge is 0.573 e. The van der Waals surface area contributed by atoms with Crippen molar-refractivity contribution in [2.24, 2.45) is 0 Å². The summed E-state index contributed by atoms with van der Waals surface area (Å²) in [7, 11) is 0. The van der Waals surface area contributed by atoms with Gasteiger partial charge in [0.05, 0.1) is 12.0 Å². The van der Waals surface area contributed by atoms with Gasteiger partial charge in [-0.05, 0) is 44.2 Å². The maximum atomic E-state index is 13.4. The predicted octanol–water partition coefficient (Wildman–Crippen LogP) is 2.37. The van der Waals surface area contributed by atoms with Gasteiger partial charge in [0.15, 0.2) is 11.4 Å². The van der Waals surface area contributed by atoms with Crippen LogP contribution < -0.4 is 15.0 Å². The Labute approximate surface area is 201 Å². The van der Waals surface area contributed by atoms with E-state index in [1.165, 1.54) is 27.9 Å². The minimum atomic E-state index is -4.90. The molecule has 0 saturated heterocycles. The summed E-state index contributed by atoms with van der Waals surface area (Å²) in [6, 6.07) is 6.67. The first-order chi connectivity index (χ1) is 16.9. The van der Waals surface area contributed by atoms with E-state index >= 15 is 0 Å². The lowest BCUT2D eigenvalue weighted by Crippen LogP contribution is -2.48. The summed E-state index contributed by atoms with van der Waals surface area (Å²) >= 11 is 0. The number of hydrogen-bond donors (Lipinski definition) is 0. The number of amides is 1. The minimum absolute atomic E-state index is 0.0969. The highest BCUT2D eigenvalue weighted by Gasteiger charge is 2.82. The molecule has 2 aliphatic heterocycles. The minimum Gasteiger partial charge on any atom is -0.478 e. The number of benzene rings is 1. The van der Waals surface area contributed by atoms with Crippen LogP contribution >= 0.6 is 0 Å². The second-order valence-electron chi connectivity index (χ2n) is 9.29. The van der Waals surface area contributed by atoms with Crippen LogP contribution in [0.4, 0.5) is 13.2 Å². The number of halogens is 3. The fourth-order valence-corrected chi connectivity index (χ4v) is 5.35. The summed E-state index contributed by atoms with van der Waals surface area (Å²) in [4.78, 5) is 45.0. The summed E-state index contributed by atoms with van der Waals surface area (Å²) in [6.45, 7) is 3.58. The van der Waals surface area contributed by atoms with Crippen LogP contribution in [0.5, 0.6) is 11.5 Å². The zero-order valence-electron chi connectivity index (χ0n) is 19.1. The highest BCUT2D eigenvalue weighted by atomic mass is 19.4. The third-order valence-electron chi connectivity index (χ3n) is 7.20. The van der Waals surface area contributed by atoms with E-state index < -0.39 is 29.0 Å². The quantitative estimate of drug-likeness (QED) is 0.546. The molecule has 9 nitrogen and oxygen atoms in total. The van der Waals surface area contributed by atoms with Crippen molar-refractivity contribution >= 4 is 11.7 Å². The van der Waals surface area contributed by atoms with Crippen LogP contribution in [-0.4, -0.2) is 55.8 Å². The van der Waals surface area contributed by atoms with Crippen molar-refractivity contribution in [2.45, 2.75) is 37.8 Å². The Hall–Kier alpha value is -4.09. The van der Waals surface area contributed by atoms with E-state index in [1.807, 2.05) is 0 Å². The summed E-state index contributed by atoms with van der Waals surface area (Å²) in [5.74, 6) is -0.988. The average molecular weight is 500 g/mol. The van der Waals surface area contributed by atoms with Crippen molar-refractivity contribution in [3.05, 3.63) is 70.2 Å². The zero-order chi connectivity index (χ0) is 25.6. The SMILES string of the molecule is Cc1cn(-c2ccc3n(c2=O)CCN(C[C@@]24C(=O)[C@]2(C)Oc2ccc(OC(F)(F)F)cc24)C3=O)cn1.